The molecule has 2 aliphatic heterocycles. The zero-order valence-electron chi connectivity index (χ0n) is 16.5. The summed E-state index contributed by atoms with van der Waals surface area (Å²) < 4.78 is 34.5. The minimum absolute atomic E-state index is 0.150. The van der Waals surface area contributed by atoms with Crippen molar-refractivity contribution in [2.75, 3.05) is 44.7 Å². The fourth-order valence-electron chi connectivity index (χ4n) is 3.90. The van der Waals surface area contributed by atoms with Gasteiger partial charge in [0.15, 0.2) is 0 Å². The Hall–Kier alpha value is -2.20. The molecule has 8 nitrogen and oxygen atoms in total. The van der Waals surface area contributed by atoms with Gasteiger partial charge in [-0.25, -0.2) is 8.42 Å². The number of aromatic nitrogens is 1. The molecule has 0 radical (unpaired) electrons. The minimum atomic E-state index is -3.59. The third-order valence-corrected chi connectivity index (χ3v) is 7.44. The van der Waals surface area contributed by atoms with Crippen LogP contribution < -0.4 is 5.32 Å². The molecule has 1 aromatic carbocycles. The van der Waals surface area contributed by atoms with Gasteiger partial charge >= 0.3 is 0 Å². The van der Waals surface area contributed by atoms with Crippen molar-refractivity contribution in [1.82, 2.24) is 13.8 Å². The van der Waals surface area contributed by atoms with Crippen molar-refractivity contribution < 1.29 is 17.9 Å². The lowest BCUT2D eigenvalue weighted by atomic mass is 10.1. The predicted octanol–water partition coefficient (Wildman–Crippen LogP) is 1.52. The molecule has 1 amide bonds. The lowest BCUT2D eigenvalue weighted by molar-refractivity contribution is -0.118. The molecule has 1 atom stereocenters. The van der Waals surface area contributed by atoms with E-state index in [0.29, 0.717) is 32.0 Å². The van der Waals surface area contributed by atoms with Crippen LogP contribution in [0.5, 0.6) is 0 Å². The van der Waals surface area contributed by atoms with Gasteiger partial charge < -0.3 is 14.6 Å². The van der Waals surface area contributed by atoms with Gasteiger partial charge in [-0.15, -0.1) is 0 Å². The third-order valence-electron chi connectivity index (χ3n) is 5.54. The van der Waals surface area contributed by atoms with E-state index in [1.807, 2.05) is 6.07 Å². The topological polar surface area (TPSA) is 83.9 Å². The summed E-state index contributed by atoms with van der Waals surface area (Å²) in [5.41, 5.74) is 1.68. The third kappa shape index (κ3) is 4.23. The maximum Gasteiger partial charge on any atom is 0.243 e. The quantitative estimate of drug-likeness (QED) is 0.796. The number of nitrogens with one attached hydrogen (secondary N) is 1. The first-order valence-electron chi connectivity index (χ1n) is 9.82. The molecule has 0 aliphatic carbocycles. The maximum absolute atomic E-state index is 12.8. The number of fused-ring (bicyclic) bond motifs is 1. The Labute approximate surface area is 171 Å². The molecule has 29 heavy (non-hydrogen) atoms. The van der Waals surface area contributed by atoms with Crippen molar-refractivity contribution in [3.05, 3.63) is 48.3 Å². The molecule has 4 rings (SSSR count). The van der Waals surface area contributed by atoms with Gasteiger partial charge in [0.1, 0.15) is 0 Å². The van der Waals surface area contributed by atoms with Gasteiger partial charge in [-0.05, 0) is 37.3 Å². The summed E-state index contributed by atoms with van der Waals surface area (Å²) in [6, 6.07) is 10.7. The summed E-state index contributed by atoms with van der Waals surface area (Å²) >= 11 is 0. The summed E-state index contributed by atoms with van der Waals surface area (Å²) in [5, 5.41) is 2.85. The molecule has 0 spiro atoms. The number of carbonyl (C=O) groups is 1. The number of amides is 1. The van der Waals surface area contributed by atoms with Crippen molar-refractivity contribution in [2.24, 2.45) is 0 Å². The molecule has 0 unspecified atom stereocenters. The van der Waals surface area contributed by atoms with Crippen molar-refractivity contribution in [2.45, 2.75) is 24.4 Å². The van der Waals surface area contributed by atoms with Crippen LogP contribution in [0.1, 0.15) is 18.7 Å². The largest absolute Gasteiger partial charge is 0.379 e. The van der Waals surface area contributed by atoms with Crippen molar-refractivity contribution in [3.63, 3.8) is 0 Å². The number of benzene rings is 1. The number of hydrogen-bond donors (Lipinski definition) is 1. The van der Waals surface area contributed by atoms with Crippen molar-refractivity contribution in [3.8, 4) is 0 Å². The average Bonchev–Trinajstić information content (AvgIpc) is 3.21. The zero-order valence-corrected chi connectivity index (χ0v) is 17.3. The van der Waals surface area contributed by atoms with E-state index in [1.54, 1.807) is 18.2 Å². The summed E-state index contributed by atoms with van der Waals surface area (Å²) in [6.07, 6.45) is 2.06. The van der Waals surface area contributed by atoms with E-state index in [-0.39, 0.29) is 23.4 Å². The first kappa shape index (κ1) is 20.1. The highest BCUT2D eigenvalue weighted by Gasteiger charge is 2.27. The van der Waals surface area contributed by atoms with Crippen LogP contribution >= 0.6 is 0 Å². The molecule has 1 N–H and O–H groups in total. The summed E-state index contributed by atoms with van der Waals surface area (Å²) in [5.74, 6) is -0.155. The second-order valence-corrected chi connectivity index (χ2v) is 9.30. The van der Waals surface area contributed by atoms with Crippen molar-refractivity contribution in [1.29, 1.82) is 0 Å². The highest BCUT2D eigenvalue weighted by atomic mass is 32.2. The van der Waals surface area contributed by atoms with E-state index in [4.69, 9.17) is 4.74 Å². The molecule has 156 valence electrons. The number of nitrogens with zero attached hydrogens (tertiary/aromatic N) is 3. The van der Waals surface area contributed by atoms with Crippen LogP contribution in [-0.4, -0.2) is 67.5 Å². The van der Waals surface area contributed by atoms with E-state index in [0.717, 1.165) is 13.1 Å². The number of sulfonamides is 1. The Morgan fingerprint density at radius 3 is 2.72 bits per heavy atom. The highest BCUT2D eigenvalue weighted by Crippen LogP contribution is 2.25. The molecule has 3 heterocycles. The second kappa shape index (κ2) is 8.27. The average molecular weight is 419 g/mol. The Morgan fingerprint density at radius 2 is 1.93 bits per heavy atom. The maximum atomic E-state index is 12.8. The van der Waals surface area contributed by atoms with Gasteiger partial charge in [0.05, 0.1) is 24.7 Å². The molecule has 9 heteroatoms. The molecule has 1 fully saturated rings. The SMILES string of the molecule is C[C@H]1c2cccn2CCN1CC(=O)Nc1cccc(S(=O)(=O)N2CCOCC2)c1. The standard InChI is InChI=1S/C20H26N4O4S/c1-16-19-6-3-7-22(19)8-9-23(16)15-20(25)21-17-4-2-5-18(14-17)29(26,27)24-10-12-28-13-11-24/h2-7,14,16H,8-13,15H2,1H3,(H,21,25)/t16-/m0/s1. The zero-order chi connectivity index (χ0) is 20.4. The Kier molecular flexibility index (Phi) is 5.73. The van der Waals surface area contributed by atoms with E-state index in [1.165, 1.54) is 16.1 Å². The Morgan fingerprint density at radius 1 is 1.14 bits per heavy atom. The number of morpholine rings is 1. The second-order valence-electron chi connectivity index (χ2n) is 7.37. The van der Waals surface area contributed by atoms with Crippen LogP contribution in [0.25, 0.3) is 0 Å². The molecular formula is C20H26N4O4S. The number of ether oxygens (including phenoxy) is 1. The van der Waals surface area contributed by atoms with E-state index >= 15 is 0 Å². The van der Waals surface area contributed by atoms with Gasteiger partial charge in [0.2, 0.25) is 15.9 Å². The van der Waals surface area contributed by atoms with E-state index in [2.05, 4.69) is 34.0 Å². The molecule has 2 aliphatic rings. The number of carbonyl (C=O) groups excluding carboxylic acids is 1. The van der Waals surface area contributed by atoms with Crippen LogP contribution in [0, 0.1) is 0 Å². The molecule has 2 aromatic rings. The van der Waals surface area contributed by atoms with Crippen LogP contribution in [0.15, 0.2) is 47.5 Å². The van der Waals surface area contributed by atoms with Crippen LogP contribution in [0.2, 0.25) is 0 Å². The van der Waals surface area contributed by atoms with Crippen LogP contribution in [0.3, 0.4) is 0 Å². The summed E-state index contributed by atoms with van der Waals surface area (Å²) in [4.78, 5) is 14.9. The van der Waals surface area contributed by atoms with Gasteiger partial charge in [0, 0.05) is 49.8 Å². The number of anilines is 1. The highest BCUT2D eigenvalue weighted by molar-refractivity contribution is 7.89. The molecular weight excluding hydrogens is 392 g/mol. The van der Waals surface area contributed by atoms with Gasteiger partial charge in [0.25, 0.3) is 0 Å². The fourth-order valence-corrected chi connectivity index (χ4v) is 5.35. The Balaban J connectivity index is 1.42. The summed E-state index contributed by atoms with van der Waals surface area (Å²) in [6.45, 7) is 5.47. The fraction of sp³-hybridized carbons (Fsp3) is 0.450. The minimum Gasteiger partial charge on any atom is -0.379 e. The number of rotatable bonds is 5. The molecule has 1 aromatic heterocycles. The molecule has 0 saturated carbocycles. The van der Waals surface area contributed by atoms with Crippen molar-refractivity contribution >= 4 is 21.6 Å². The smallest absolute Gasteiger partial charge is 0.243 e. The lowest BCUT2D eigenvalue weighted by Gasteiger charge is -2.34. The first-order chi connectivity index (χ1) is 13.9. The molecule has 0 bridgehead atoms. The lowest BCUT2D eigenvalue weighted by Crippen LogP contribution is -2.41. The van der Waals surface area contributed by atoms with Gasteiger partial charge in [-0.1, -0.05) is 6.07 Å². The summed E-state index contributed by atoms with van der Waals surface area (Å²) in [7, 11) is -3.59. The normalized spacial score (nSPS) is 20.9. The van der Waals surface area contributed by atoms with Gasteiger partial charge in [-0.2, -0.15) is 4.31 Å². The van der Waals surface area contributed by atoms with Crippen LogP contribution in [-0.2, 0) is 26.1 Å². The first-order valence-corrected chi connectivity index (χ1v) is 11.3. The van der Waals surface area contributed by atoms with Crippen LogP contribution in [0.4, 0.5) is 5.69 Å². The molecule has 1 saturated heterocycles. The number of hydrogen-bond acceptors (Lipinski definition) is 5. The van der Waals surface area contributed by atoms with E-state index in [9.17, 15) is 13.2 Å². The predicted molar refractivity (Wildman–Crippen MR) is 109 cm³/mol. The van der Waals surface area contributed by atoms with E-state index < -0.39 is 10.0 Å². The monoisotopic (exact) mass is 418 g/mol. The Bertz CT molecular complexity index is 982. The van der Waals surface area contributed by atoms with Gasteiger partial charge in [-0.3, -0.25) is 9.69 Å².